The minimum atomic E-state index is 0.119. The van der Waals surface area contributed by atoms with Gasteiger partial charge in [0, 0.05) is 29.7 Å². The maximum Gasteiger partial charge on any atom is 0.210 e. The fourth-order valence-electron chi connectivity index (χ4n) is 2.31. The SMILES string of the molecule is Cc1cc(C(=O)CSc2nnc(Nc3ccccc3)s2)c(C)n1C. The molecule has 1 N–H and O–H groups in total. The number of nitrogens with zero attached hydrogens (tertiary/aromatic N) is 3. The lowest BCUT2D eigenvalue weighted by molar-refractivity contribution is 0.102. The van der Waals surface area contributed by atoms with Crippen LogP contribution in [0.3, 0.4) is 0 Å². The number of anilines is 2. The summed E-state index contributed by atoms with van der Waals surface area (Å²) in [6, 6.07) is 11.8. The molecule has 24 heavy (non-hydrogen) atoms. The molecule has 0 saturated carbocycles. The lowest BCUT2D eigenvalue weighted by atomic mass is 10.2. The van der Waals surface area contributed by atoms with Crippen LogP contribution < -0.4 is 5.32 Å². The molecule has 124 valence electrons. The van der Waals surface area contributed by atoms with Crippen molar-refractivity contribution in [2.75, 3.05) is 11.1 Å². The smallest absolute Gasteiger partial charge is 0.210 e. The molecule has 3 aromatic rings. The van der Waals surface area contributed by atoms with E-state index in [1.54, 1.807) is 0 Å². The zero-order chi connectivity index (χ0) is 17.1. The molecule has 0 aliphatic rings. The highest BCUT2D eigenvalue weighted by Crippen LogP contribution is 2.28. The number of nitrogens with one attached hydrogen (secondary N) is 1. The first kappa shape index (κ1) is 16.7. The number of aryl methyl sites for hydroxylation is 1. The van der Waals surface area contributed by atoms with E-state index in [0.29, 0.717) is 5.75 Å². The van der Waals surface area contributed by atoms with E-state index < -0.39 is 0 Å². The highest BCUT2D eigenvalue weighted by molar-refractivity contribution is 8.01. The second kappa shape index (κ2) is 7.19. The summed E-state index contributed by atoms with van der Waals surface area (Å²) in [5, 5.41) is 12.2. The van der Waals surface area contributed by atoms with Crippen molar-refractivity contribution in [3.8, 4) is 0 Å². The Hall–Kier alpha value is -2.12. The van der Waals surface area contributed by atoms with E-state index in [9.17, 15) is 4.79 Å². The van der Waals surface area contributed by atoms with Crippen LogP contribution in [0, 0.1) is 13.8 Å². The molecule has 7 heteroatoms. The van der Waals surface area contributed by atoms with Crippen molar-refractivity contribution in [3.05, 3.63) is 53.3 Å². The van der Waals surface area contributed by atoms with Crippen molar-refractivity contribution in [2.24, 2.45) is 7.05 Å². The summed E-state index contributed by atoms with van der Waals surface area (Å²) < 4.78 is 2.82. The molecule has 0 atom stereocenters. The molecule has 0 unspecified atom stereocenters. The van der Waals surface area contributed by atoms with Gasteiger partial charge in [0.2, 0.25) is 5.13 Å². The van der Waals surface area contributed by atoms with Gasteiger partial charge in [0.05, 0.1) is 5.75 Å². The number of aromatic nitrogens is 3. The second-order valence-corrected chi connectivity index (χ2v) is 7.62. The molecule has 2 heterocycles. The van der Waals surface area contributed by atoms with Crippen molar-refractivity contribution in [1.82, 2.24) is 14.8 Å². The number of carbonyl (C=O) groups is 1. The van der Waals surface area contributed by atoms with Gasteiger partial charge in [-0.3, -0.25) is 4.79 Å². The van der Waals surface area contributed by atoms with E-state index in [1.807, 2.05) is 61.9 Å². The molecule has 0 radical (unpaired) electrons. The largest absolute Gasteiger partial charge is 0.351 e. The summed E-state index contributed by atoms with van der Waals surface area (Å²) in [4.78, 5) is 12.4. The van der Waals surface area contributed by atoms with Gasteiger partial charge in [-0.1, -0.05) is 41.3 Å². The van der Waals surface area contributed by atoms with E-state index in [0.717, 1.165) is 32.1 Å². The quantitative estimate of drug-likeness (QED) is 0.528. The third-order valence-electron chi connectivity index (χ3n) is 3.83. The van der Waals surface area contributed by atoms with Crippen molar-refractivity contribution < 1.29 is 4.79 Å². The number of rotatable bonds is 6. The molecule has 0 saturated heterocycles. The summed E-state index contributed by atoms with van der Waals surface area (Å²) in [6.45, 7) is 3.97. The van der Waals surface area contributed by atoms with Gasteiger partial charge in [0.15, 0.2) is 10.1 Å². The molecule has 3 rings (SSSR count). The van der Waals surface area contributed by atoms with Gasteiger partial charge in [0.1, 0.15) is 0 Å². The van der Waals surface area contributed by atoms with Crippen molar-refractivity contribution in [1.29, 1.82) is 0 Å². The van der Waals surface area contributed by atoms with Crippen molar-refractivity contribution >= 4 is 39.7 Å². The standard InChI is InChI=1S/C17H18N4OS2/c1-11-9-14(12(2)21(11)3)15(22)10-23-17-20-19-16(24-17)18-13-7-5-4-6-8-13/h4-9H,10H2,1-3H3,(H,18,19). The first-order valence-corrected chi connectivity index (χ1v) is 9.29. The summed E-state index contributed by atoms with van der Waals surface area (Å²) in [5.74, 6) is 0.485. The van der Waals surface area contributed by atoms with E-state index in [4.69, 9.17) is 0 Å². The lowest BCUT2D eigenvalue weighted by Gasteiger charge is -2.01. The van der Waals surface area contributed by atoms with Crippen LogP contribution in [0.15, 0.2) is 40.7 Å². The van der Waals surface area contributed by atoms with Crippen molar-refractivity contribution in [2.45, 2.75) is 18.2 Å². The van der Waals surface area contributed by atoms with Crippen LogP contribution in [0.1, 0.15) is 21.7 Å². The Kier molecular flexibility index (Phi) is 5.01. The van der Waals surface area contributed by atoms with Crippen LogP contribution in [0.5, 0.6) is 0 Å². The second-order valence-electron chi connectivity index (χ2n) is 5.42. The Morgan fingerprint density at radius 3 is 2.67 bits per heavy atom. The third-order valence-corrected chi connectivity index (χ3v) is 5.81. The molecule has 0 amide bonds. The molecule has 0 fully saturated rings. The zero-order valence-corrected chi connectivity index (χ0v) is 15.4. The predicted molar refractivity (Wildman–Crippen MR) is 99.6 cm³/mol. The molecular weight excluding hydrogens is 340 g/mol. The van der Waals surface area contributed by atoms with Crippen LogP contribution in [0.4, 0.5) is 10.8 Å². The van der Waals surface area contributed by atoms with Crippen LogP contribution in [-0.2, 0) is 7.05 Å². The first-order chi connectivity index (χ1) is 11.5. The van der Waals surface area contributed by atoms with Crippen LogP contribution >= 0.6 is 23.1 Å². The minimum absolute atomic E-state index is 0.119. The van der Waals surface area contributed by atoms with Gasteiger partial charge in [-0.15, -0.1) is 10.2 Å². The van der Waals surface area contributed by atoms with Gasteiger partial charge in [-0.2, -0.15) is 0 Å². The molecule has 0 spiro atoms. The average Bonchev–Trinajstić information content (AvgIpc) is 3.13. The molecular formula is C17H18N4OS2. The summed E-state index contributed by atoms with van der Waals surface area (Å²) in [6.07, 6.45) is 0. The number of para-hydroxylation sites is 1. The molecule has 5 nitrogen and oxygen atoms in total. The number of hydrogen-bond donors (Lipinski definition) is 1. The Morgan fingerprint density at radius 2 is 2.00 bits per heavy atom. The van der Waals surface area contributed by atoms with Gasteiger partial charge < -0.3 is 9.88 Å². The summed E-state index contributed by atoms with van der Waals surface area (Å²) in [7, 11) is 1.97. The van der Waals surface area contributed by atoms with Crippen LogP contribution in [0.2, 0.25) is 0 Å². The minimum Gasteiger partial charge on any atom is -0.351 e. The molecule has 2 aromatic heterocycles. The fourth-order valence-corrected chi connectivity index (χ4v) is 3.96. The van der Waals surface area contributed by atoms with Crippen LogP contribution in [-0.4, -0.2) is 26.3 Å². The van der Waals surface area contributed by atoms with Gasteiger partial charge in [0.25, 0.3) is 0 Å². The van der Waals surface area contributed by atoms with Gasteiger partial charge in [-0.25, -0.2) is 0 Å². The highest BCUT2D eigenvalue weighted by Gasteiger charge is 2.15. The summed E-state index contributed by atoms with van der Waals surface area (Å²) in [5.41, 5.74) is 3.85. The predicted octanol–water partition coefficient (Wildman–Crippen LogP) is 4.21. The van der Waals surface area contributed by atoms with Crippen LogP contribution in [0.25, 0.3) is 0 Å². The molecule has 0 aliphatic heterocycles. The number of ketones is 1. The summed E-state index contributed by atoms with van der Waals surface area (Å²) >= 11 is 2.87. The van der Waals surface area contributed by atoms with E-state index in [-0.39, 0.29) is 5.78 Å². The molecule has 0 bridgehead atoms. The maximum absolute atomic E-state index is 12.4. The first-order valence-electron chi connectivity index (χ1n) is 7.49. The highest BCUT2D eigenvalue weighted by atomic mass is 32.2. The number of Topliss-reactive ketones (excluding diaryl/α,β-unsaturated/α-hetero) is 1. The fraction of sp³-hybridized carbons (Fsp3) is 0.235. The number of hydrogen-bond acceptors (Lipinski definition) is 6. The van der Waals surface area contributed by atoms with Crippen molar-refractivity contribution in [3.63, 3.8) is 0 Å². The Bertz CT molecular complexity index is 855. The Morgan fingerprint density at radius 1 is 1.25 bits per heavy atom. The Balaban J connectivity index is 1.61. The lowest BCUT2D eigenvalue weighted by Crippen LogP contribution is -2.04. The van der Waals surface area contributed by atoms with E-state index in [1.165, 1.54) is 23.1 Å². The van der Waals surface area contributed by atoms with E-state index in [2.05, 4.69) is 15.5 Å². The molecule has 1 aromatic carbocycles. The number of carbonyl (C=O) groups excluding carboxylic acids is 1. The Labute approximate surface area is 149 Å². The topological polar surface area (TPSA) is 59.8 Å². The number of benzene rings is 1. The maximum atomic E-state index is 12.4. The normalized spacial score (nSPS) is 10.8. The third kappa shape index (κ3) is 3.68. The zero-order valence-electron chi connectivity index (χ0n) is 13.7. The number of thioether (sulfide) groups is 1. The van der Waals surface area contributed by atoms with Gasteiger partial charge in [-0.05, 0) is 32.0 Å². The monoisotopic (exact) mass is 358 g/mol. The van der Waals surface area contributed by atoms with Gasteiger partial charge >= 0.3 is 0 Å². The van der Waals surface area contributed by atoms with E-state index >= 15 is 0 Å². The average molecular weight is 358 g/mol. The molecule has 0 aliphatic carbocycles.